The SMILES string of the molecule is CC1CCC(=O)N1.COC(=O)CCC(C)NC(=O)OC(C)(C)C. The van der Waals surface area contributed by atoms with Gasteiger partial charge in [-0.15, -0.1) is 0 Å². The number of nitrogens with one attached hydrogen (secondary N) is 2. The van der Waals surface area contributed by atoms with Crippen molar-refractivity contribution in [3.63, 3.8) is 0 Å². The molecule has 1 aliphatic heterocycles. The molecular formula is C16H30N2O5. The fraction of sp³-hybridized carbons (Fsp3) is 0.812. The van der Waals surface area contributed by atoms with Gasteiger partial charge in [-0.1, -0.05) is 0 Å². The van der Waals surface area contributed by atoms with E-state index in [-0.39, 0.29) is 24.3 Å². The lowest BCUT2D eigenvalue weighted by Crippen LogP contribution is -2.37. The van der Waals surface area contributed by atoms with Gasteiger partial charge in [-0.2, -0.15) is 0 Å². The van der Waals surface area contributed by atoms with Crippen LogP contribution in [0.5, 0.6) is 0 Å². The van der Waals surface area contributed by atoms with E-state index in [4.69, 9.17) is 4.74 Å². The molecule has 0 aromatic rings. The Kier molecular flexibility index (Phi) is 9.29. The van der Waals surface area contributed by atoms with E-state index < -0.39 is 11.7 Å². The Balaban J connectivity index is 0.000000568. The normalized spacial score (nSPS) is 18.2. The van der Waals surface area contributed by atoms with Crippen molar-refractivity contribution in [2.45, 2.75) is 78.0 Å². The maximum absolute atomic E-state index is 11.3. The first-order valence-corrected chi connectivity index (χ1v) is 7.89. The predicted molar refractivity (Wildman–Crippen MR) is 86.9 cm³/mol. The van der Waals surface area contributed by atoms with Gasteiger partial charge in [-0.05, 0) is 47.5 Å². The van der Waals surface area contributed by atoms with Crippen molar-refractivity contribution in [2.24, 2.45) is 0 Å². The van der Waals surface area contributed by atoms with Crippen molar-refractivity contribution in [3.05, 3.63) is 0 Å². The molecule has 0 bridgehead atoms. The molecule has 7 nitrogen and oxygen atoms in total. The molecule has 2 amide bonds. The summed E-state index contributed by atoms with van der Waals surface area (Å²) in [6.45, 7) is 9.22. The summed E-state index contributed by atoms with van der Waals surface area (Å²) in [4.78, 5) is 32.5. The molecule has 1 heterocycles. The molecule has 23 heavy (non-hydrogen) atoms. The van der Waals surface area contributed by atoms with Gasteiger partial charge in [0.1, 0.15) is 5.60 Å². The molecule has 0 aliphatic carbocycles. The first kappa shape index (κ1) is 21.2. The van der Waals surface area contributed by atoms with Crippen molar-refractivity contribution in [1.29, 1.82) is 0 Å². The average molecular weight is 330 g/mol. The molecule has 1 rings (SSSR count). The van der Waals surface area contributed by atoms with Crippen molar-refractivity contribution in [1.82, 2.24) is 10.6 Å². The molecule has 134 valence electrons. The van der Waals surface area contributed by atoms with E-state index in [1.807, 2.05) is 13.8 Å². The Hall–Kier alpha value is -1.79. The highest BCUT2D eigenvalue weighted by atomic mass is 16.6. The Morgan fingerprint density at radius 2 is 2.00 bits per heavy atom. The summed E-state index contributed by atoms with van der Waals surface area (Å²) in [6, 6.07) is 0.307. The molecule has 1 aliphatic rings. The van der Waals surface area contributed by atoms with E-state index in [1.54, 1.807) is 20.8 Å². The molecule has 2 unspecified atom stereocenters. The van der Waals surface area contributed by atoms with Crippen LogP contribution in [0.1, 0.15) is 60.3 Å². The van der Waals surface area contributed by atoms with E-state index >= 15 is 0 Å². The molecule has 0 spiro atoms. The third-order valence-corrected chi connectivity index (χ3v) is 2.98. The highest BCUT2D eigenvalue weighted by Crippen LogP contribution is 2.07. The number of alkyl carbamates (subject to hydrolysis) is 1. The zero-order valence-corrected chi connectivity index (χ0v) is 15.0. The molecular weight excluding hydrogens is 300 g/mol. The minimum atomic E-state index is -0.508. The number of hydrogen-bond donors (Lipinski definition) is 2. The number of rotatable bonds is 4. The van der Waals surface area contributed by atoms with Crippen molar-refractivity contribution in [3.8, 4) is 0 Å². The second-order valence-corrected chi connectivity index (χ2v) is 6.67. The van der Waals surface area contributed by atoms with E-state index in [9.17, 15) is 14.4 Å². The Morgan fingerprint density at radius 1 is 1.39 bits per heavy atom. The van der Waals surface area contributed by atoms with Gasteiger partial charge in [0.2, 0.25) is 5.91 Å². The lowest BCUT2D eigenvalue weighted by molar-refractivity contribution is -0.140. The van der Waals surface area contributed by atoms with Crippen LogP contribution in [-0.4, -0.2) is 42.8 Å². The van der Waals surface area contributed by atoms with E-state index in [0.29, 0.717) is 12.5 Å². The fourth-order valence-electron chi connectivity index (χ4n) is 1.78. The second kappa shape index (κ2) is 10.1. The largest absolute Gasteiger partial charge is 0.469 e. The summed E-state index contributed by atoms with van der Waals surface area (Å²) in [5.74, 6) is -0.0784. The van der Waals surface area contributed by atoms with Crippen LogP contribution in [0.25, 0.3) is 0 Å². The maximum atomic E-state index is 11.3. The average Bonchev–Trinajstić information content (AvgIpc) is 2.78. The molecule has 7 heteroatoms. The van der Waals surface area contributed by atoms with E-state index in [1.165, 1.54) is 7.11 Å². The van der Waals surface area contributed by atoms with Crippen LogP contribution in [0.2, 0.25) is 0 Å². The number of methoxy groups -OCH3 is 1. The Labute approximate surface area is 138 Å². The van der Waals surface area contributed by atoms with Crippen LogP contribution in [0.15, 0.2) is 0 Å². The van der Waals surface area contributed by atoms with Crippen molar-refractivity contribution >= 4 is 18.0 Å². The van der Waals surface area contributed by atoms with Gasteiger partial charge in [0, 0.05) is 24.9 Å². The smallest absolute Gasteiger partial charge is 0.407 e. The van der Waals surface area contributed by atoms with Gasteiger partial charge in [-0.25, -0.2) is 4.79 Å². The second-order valence-electron chi connectivity index (χ2n) is 6.67. The quantitative estimate of drug-likeness (QED) is 0.770. The summed E-state index contributed by atoms with van der Waals surface area (Å²) >= 11 is 0. The third kappa shape index (κ3) is 12.4. The lowest BCUT2D eigenvalue weighted by Gasteiger charge is -2.21. The first-order valence-electron chi connectivity index (χ1n) is 7.89. The molecule has 1 saturated heterocycles. The summed E-state index contributed by atoms with van der Waals surface area (Å²) in [5, 5.41) is 5.42. The number of ether oxygens (including phenoxy) is 2. The molecule has 0 aromatic heterocycles. The summed E-state index contributed by atoms with van der Waals surface area (Å²) in [6.07, 6.45) is 2.09. The van der Waals surface area contributed by atoms with Crippen LogP contribution < -0.4 is 10.6 Å². The molecule has 0 radical (unpaired) electrons. The van der Waals surface area contributed by atoms with Gasteiger partial charge in [0.05, 0.1) is 7.11 Å². The zero-order valence-electron chi connectivity index (χ0n) is 15.0. The minimum Gasteiger partial charge on any atom is -0.469 e. The summed E-state index contributed by atoms with van der Waals surface area (Å²) < 4.78 is 9.58. The molecule has 2 atom stereocenters. The highest BCUT2D eigenvalue weighted by Gasteiger charge is 2.18. The summed E-state index contributed by atoms with van der Waals surface area (Å²) in [5.41, 5.74) is -0.508. The number of amides is 2. The minimum absolute atomic E-state index is 0.117. The molecule has 1 fully saturated rings. The standard InChI is InChI=1S/C11H21NO4.C5H9NO/c1-8(6-7-9(13)15-5)12-10(14)16-11(2,3)4;1-4-2-3-5(7)6-4/h8H,6-7H2,1-5H3,(H,12,14);4H,2-3H2,1H3,(H,6,7). The Bertz CT molecular complexity index is 404. The predicted octanol–water partition coefficient (Wildman–Crippen LogP) is 2.14. The van der Waals surface area contributed by atoms with E-state index in [0.717, 1.165) is 12.8 Å². The fourth-order valence-corrected chi connectivity index (χ4v) is 1.78. The highest BCUT2D eigenvalue weighted by molar-refractivity contribution is 5.78. The number of carbonyl (C=O) groups excluding carboxylic acids is 3. The van der Waals surface area contributed by atoms with Gasteiger partial charge in [0.25, 0.3) is 0 Å². The van der Waals surface area contributed by atoms with Crippen LogP contribution in [0.4, 0.5) is 4.79 Å². The number of hydrogen-bond acceptors (Lipinski definition) is 5. The number of carbonyl (C=O) groups is 3. The molecule has 0 saturated carbocycles. The monoisotopic (exact) mass is 330 g/mol. The molecule has 2 N–H and O–H groups in total. The van der Waals surface area contributed by atoms with Gasteiger partial charge in [0.15, 0.2) is 0 Å². The van der Waals surface area contributed by atoms with Gasteiger partial charge in [-0.3, -0.25) is 9.59 Å². The summed E-state index contributed by atoms with van der Waals surface area (Å²) in [7, 11) is 1.34. The van der Waals surface area contributed by atoms with Crippen LogP contribution in [0.3, 0.4) is 0 Å². The third-order valence-electron chi connectivity index (χ3n) is 2.98. The molecule has 0 aromatic carbocycles. The van der Waals surface area contributed by atoms with Crippen LogP contribution in [0, 0.1) is 0 Å². The lowest BCUT2D eigenvalue weighted by atomic mass is 10.2. The first-order chi connectivity index (χ1) is 10.5. The van der Waals surface area contributed by atoms with Crippen molar-refractivity contribution in [2.75, 3.05) is 7.11 Å². The zero-order chi connectivity index (χ0) is 18.0. The Morgan fingerprint density at radius 3 is 2.35 bits per heavy atom. The van der Waals surface area contributed by atoms with Crippen molar-refractivity contribution < 1.29 is 23.9 Å². The maximum Gasteiger partial charge on any atom is 0.407 e. The van der Waals surface area contributed by atoms with Crippen LogP contribution >= 0.6 is 0 Å². The number of esters is 1. The van der Waals surface area contributed by atoms with Gasteiger partial charge < -0.3 is 20.1 Å². The van der Waals surface area contributed by atoms with Crippen LogP contribution in [-0.2, 0) is 19.1 Å². The topological polar surface area (TPSA) is 93.7 Å². The van der Waals surface area contributed by atoms with E-state index in [2.05, 4.69) is 15.4 Å². The van der Waals surface area contributed by atoms with Gasteiger partial charge >= 0.3 is 12.1 Å².